The highest BCUT2D eigenvalue weighted by molar-refractivity contribution is 6.30. The van der Waals surface area contributed by atoms with Crippen molar-refractivity contribution in [2.24, 2.45) is 5.73 Å². The van der Waals surface area contributed by atoms with E-state index in [1.165, 1.54) is 4.90 Å². The lowest BCUT2D eigenvalue weighted by Crippen LogP contribution is -2.38. The molecule has 3 rings (SSSR count). The van der Waals surface area contributed by atoms with E-state index in [4.69, 9.17) is 17.3 Å². The fourth-order valence-corrected chi connectivity index (χ4v) is 2.98. The zero-order chi connectivity index (χ0) is 21.0. The number of rotatable bonds is 6. The fourth-order valence-electron chi connectivity index (χ4n) is 2.85. The van der Waals surface area contributed by atoms with E-state index < -0.39 is 6.04 Å². The van der Waals surface area contributed by atoms with Gasteiger partial charge in [-0.25, -0.2) is 0 Å². The maximum Gasteiger partial charge on any atom is 0.255 e. The van der Waals surface area contributed by atoms with Crippen molar-refractivity contribution in [1.82, 2.24) is 15.1 Å². The third-order valence-corrected chi connectivity index (χ3v) is 4.70. The molecule has 8 heteroatoms. The number of hydrogen-bond acceptors (Lipinski definition) is 4. The molecule has 0 radical (unpaired) electrons. The molecule has 29 heavy (non-hydrogen) atoms. The molecule has 7 nitrogen and oxygen atoms in total. The molecule has 1 atom stereocenters. The van der Waals surface area contributed by atoms with E-state index in [0.717, 1.165) is 16.7 Å². The van der Waals surface area contributed by atoms with Crippen molar-refractivity contribution in [3.8, 4) is 11.1 Å². The molecule has 0 saturated carbocycles. The van der Waals surface area contributed by atoms with Gasteiger partial charge in [0.1, 0.15) is 0 Å². The molecular formula is C21H22ClN5O2. The smallest absolute Gasteiger partial charge is 0.255 e. The van der Waals surface area contributed by atoms with Gasteiger partial charge in [0, 0.05) is 30.9 Å². The molecule has 1 heterocycles. The van der Waals surface area contributed by atoms with Crippen LogP contribution >= 0.6 is 11.6 Å². The van der Waals surface area contributed by atoms with Gasteiger partial charge in [0.2, 0.25) is 5.91 Å². The summed E-state index contributed by atoms with van der Waals surface area (Å²) in [5, 5.41) is 10.1. The fraction of sp³-hybridized carbons (Fsp3) is 0.190. The molecule has 0 saturated heterocycles. The molecule has 0 aliphatic carbocycles. The maximum atomic E-state index is 12.7. The number of H-pyrrole nitrogens is 1. The lowest BCUT2D eigenvalue weighted by atomic mass is 10.0. The van der Waals surface area contributed by atoms with Gasteiger partial charge in [0.15, 0.2) is 0 Å². The highest BCUT2D eigenvalue weighted by Crippen LogP contribution is 2.26. The molecule has 0 fully saturated rings. The van der Waals surface area contributed by atoms with Crippen molar-refractivity contribution in [1.29, 1.82) is 0 Å². The van der Waals surface area contributed by atoms with Gasteiger partial charge in [0.05, 0.1) is 23.5 Å². The second-order valence-electron chi connectivity index (χ2n) is 6.87. The van der Waals surface area contributed by atoms with Gasteiger partial charge in [-0.15, -0.1) is 0 Å². The van der Waals surface area contributed by atoms with Gasteiger partial charge in [-0.1, -0.05) is 29.8 Å². The van der Waals surface area contributed by atoms with E-state index in [2.05, 4.69) is 15.5 Å². The second kappa shape index (κ2) is 8.89. The van der Waals surface area contributed by atoms with E-state index in [9.17, 15) is 9.59 Å². The van der Waals surface area contributed by atoms with Crippen LogP contribution in [0.15, 0.2) is 54.9 Å². The Labute approximate surface area is 173 Å². The summed E-state index contributed by atoms with van der Waals surface area (Å²) < 4.78 is 0. The van der Waals surface area contributed by atoms with Crippen LogP contribution in [0.5, 0.6) is 0 Å². The number of aromatic nitrogens is 2. The number of carbonyl (C=O) groups excluding carboxylic acids is 2. The van der Waals surface area contributed by atoms with Gasteiger partial charge < -0.3 is 16.0 Å². The molecule has 1 aromatic heterocycles. The molecule has 4 N–H and O–H groups in total. The van der Waals surface area contributed by atoms with E-state index in [1.807, 2.05) is 18.2 Å². The first-order chi connectivity index (χ1) is 13.8. The summed E-state index contributed by atoms with van der Waals surface area (Å²) in [5.41, 5.74) is 9.42. The normalized spacial score (nSPS) is 11.7. The topological polar surface area (TPSA) is 104 Å². The predicted molar refractivity (Wildman–Crippen MR) is 114 cm³/mol. The Balaban J connectivity index is 1.82. The molecule has 2 aromatic carbocycles. The minimum absolute atomic E-state index is 0.225. The SMILES string of the molecule is CN(C)C(=O)c1cc(-c2cn[nH]c2)ccc1NC(=O)[C@H](N)Cc1ccc(Cl)cc1. The Morgan fingerprint density at radius 3 is 2.52 bits per heavy atom. The summed E-state index contributed by atoms with van der Waals surface area (Å²) >= 11 is 5.89. The Hall–Kier alpha value is -3.16. The van der Waals surface area contributed by atoms with Crippen LogP contribution in [0.3, 0.4) is 0 Å². The van der Waals surface area contributed by atoms with E-state index in [0.29, 0.717) is 22.7 Å². The van der Waals surface area contributed by atoms with Crippen LogP contribution in [-0.2, 0) is 11.2 Å². The molecule has 0 bridgehead atoms. The van der Waals surface area contributed by atoms with Gasteiger partial charge in [-0.2, -0.15) is 5.10 Å². The number of carbonyl (C=O) groups is 2. The number of nitrogens with zero attached hydrogens (tertiary/aromatic N) is 2. The zero-order valence-electron chi connectivity index (χ0n) is 16.1. The first-order valence-electron chi connectivity index (χ1n) is 9.01. The highest BCUT2D eigenvalue weighted by Gasteiger charge is 2.20. The van der Waals surface area contributed by atoms with Crippen LogP contribution in [-0.4, -0.2) is 47.0 Å². The van der Waals surface area contributed by atoms with Crippen molar-refractivity contribution < 1.29 is 9.59 Å². The summed E-state index contributed by atoms with van der Waals surface area (Å²) in [6.45, 7) is 0. The number of aromatic amines is 1. The maximum absolute atomic E-state index is 12.7. The summed E-state index contributed by atoms with van der Waals surface area (Å²) in [6.07, 6.45) is 3.76. The molecule has 0 spiro atoms. The van der Waals surface area contributed by atoms with Crippen molar-refractivity contribution >= 4 is 29.1 Å². The van der Waals surface area contributed by atoms with E-state index >= 15 is 0 Å². The van der Waals surface area contributed by atoms with E-state index in [-0.39, 0.29) is 11.8 Å². The van der Waals surface area contributed by atoms with Crippen LogP contribution in [0, 0.1) is 0 Å². The molecule has 0 aliphatic heterocycles. The van der Waals surface area contributed by atoms with E-state index in [1.54, 1.807) is 50.8 Å². The Morgan fingerprint density at radius 1 is 1.17 bits per heavy atom. The number of nitrogens with two attached hydrogens (primary N) is 1. The number of hydrogen-bond donors (Lipinski definition) is 3. The number of halogens is 1. The Bertz CT molecular complexity index is 1000. The lowest BCUT2D eigenvalue weighted by Gasteiger charge is -2.18. The van der Waals surface area contributed by atoms with Crippen LogP contribution < -0.4 is 11.1 Å². The van der Waals surface area contributed by atoms with Crippen LogP contribution in [0.25, 0.3) is 11.1 Å². The molecule has 0 aliphatic rings. The van der Waals surface area contributed by atoms with Crippen LogP contribution in [0.2, 0.25) is 5.02 Å². The average Bonchev–Trinajstić information content (AvgIpc) is 3.24. The summed E-state index contributed by atoms with van der Waals surface area (Å²) in [7, 11) is 3.31. The number of nitrogens with one attached hydrogen (secondary N) is 2. The average molecular weight is 412 g/mol. The first-order valence-corrected chi connectivity index (χ1v) is 9.38. The van der Waals surface area contributed by atoms with Crippen molar-refractivity contribution in [2.75, 3.05) is 19.4 Å². The third kappa shape index (κ3) is 5.01. The van der Waals surface area contributed by atoms with Crippen LogP contribution in [0.1, 0.15) is 15.9 Å². The van der Waals surface area contributed by atoms with Crippen molar-refractivity contribution in [3.05, 3.63) is 71.0 Å². The molecule has 150 valence electrons. The van der Waals surface area contributed by atoms with Crippen molar-refractivity contribution in [3.63, 3.8) is 0 Å². The standard InChI is InChI=1S/C21H22ClN5O2/c1-27(2)21(29)17-10-14(15-11-24-25-12-15)5-8-19(17)26-20(28)18(23)9-13-3-6-16(22)7-4-13/h3-8,10-12,18H,9,23H2,1-2H3,(H,24,25)(H,26,28)/t18-/m1/s1. The monoisotopic (exact) mass is 411 g/mol. The minimum Gasteiger partial charge on any atom is -0.345 e. The summed E-state index contributed by atoms with van der Waals surface area (Å²) in [4.78, 5) is 26.8. The van der Waals surface area contributed by atoms with Crippen LogP contribution in [0.4, 0.5) is 5.69 Å². The van der Waals surface area contributed by atoms with Gasteiger partial charge >= 0.3 is 0 Å². The molecule has 0 unspecified atom stereocenters. The van der Waals surface area contributed by atoms with Gasteiger partial charge in [-0.05, 0) is 41.8 Å². The summed E-state index contributed by atoms with van der Waals surface area (Å²) in [5.74, 6) is -0.597. The molecule has 3 aromatic rings. The quantitative estimate of drug-likeness (QED) is 0.580. The van der Waals surface area contributed by atoms with Crippen molar-refractivity contribution in [2.45, 2.75) is 12.5 Å². The zero-order valence-corrected chi connectivity index (χ0v) is 16.9. The Kier molecular flexibility index (Phi) is 6.31. The second-order valence-corrected chi connectivity index (χ2v) is 7.31. The number of benzene rings is 2. The first kappa shape index (κ1) is 20.6. The lowest BCUT2D eigenvalue weighted by molar-refractivity contribution is -0.117. The number of anilines is 1. The number of amides is 2. The summed E-state index contributed by atoms with van der Waals surface area (Å²) in [6, 6.07) is 11.6. The Morgan fingerprint density at radius 2 is 1.90 bits per heavy atom. The van der Waals surface area contributed by atoms with Gasteiger partial charge in [0.25, 0.3) is 5.91 Å². The predicted octanol–water partition coefficient (Wildman–Crippen LogP) is 2.94. The molecule has 2 amide bonds. The largest absolute Gasteiger partial charge is 0.345 e. The molecular weight excluding hydrogens is 390 g/mol. The van der Waals surface area contributed by atoms with Gasteiger partial charge in [-0.3, -0.25) is 14.7 Å². The highest BCUT2D eigenvalue weighted by atomic mass is 35.5. The minimum atomic E-state index is -0.771. The third-order valence-electron chi connectivity index (χ3n) is 4.45.